The van der Waals surface area contributed by atoms with Crippen molar-refractivity contribution >= 4 is 22.8 Å². The van der Waals surface area contributed by atoms with Crippen LogP contribution in [0.2, 0.25) is 0 Å². The van der Waals surface area contributed by atoms with Crippen LogP contribution in [-0.4, -0.2) is 44.7 Å². The largest absolute Gasteiger partial charge is 0.490 e. The number of benzene rings is 1. The minimum Gasteiger partial charge on any atom is -0.475 e. The molecule has 0 spiro atoms. The molecule has 174 valence electrons. The summed E-state index contributed by atoms with van der Waals surface area (Å²) in [6.45, 7) is 0.727. The van der Waals surface area contributed by atoms with E-state index in [2.05, 4.69) is 32.4 Å². The molecule has 1 aliphatic rings. The van der Waals surface area contributed by atoms with Crippen LogP contribution in [0.4, 0.5) is 13.2 Å². The van der Waals surface area contributed by atoms with E-state index in [9.17, 15) is 18.0 Å². The normalized spacial score (nSPS) is 13.3. The van der Waals surface area contributed by atoms with Crippen LogP contribution in [0.1, 0.15) is 22.5 Å². The Hall–Kier alpha value is -4.21. The second kappa shape index (κ2) is 9.34. The molecule has 1 amide bonds. The number of hydrogen-bond acceptors (Lipinski definition) is 4. The van der Waals surface area contributed by atoms with Gasteiger partial charge in [-0.05, 0) is 43.2 Å². The number of fused-ring (bicyclic) bond motifs is 2. The molecule has 1 aliphatic heterocycles. The number of alkyl halides is 3. The number of aryl methyl sites for hydroxylation is 1. The minimum absolute atomic E-state index is 0.00184. The van der Waals surface area contributed by atoms with Gasteiger partial charge < -0.3 is 15.4 Å². The molecule has 0 radical (unpaired) electrons. The molecule has 0 atom stereocenters. The molecule has 34 heavy (non-hydrogen) atoms. The van der Waals surface area contributed by atoms with Gasteiger partial charge in [-0.2, -0.15) is 13.2 Å². The number of H-pyrrole nitrogens is 1. The Morgan fingerprint density at radius 1 is 1.03 bits per heavy atom. The highest BCUT2D eigenvalue weighted by atomic mass is 19.4. The molecule has 3 aromatic heterocycles. The van der Waals surface area contributed by atoms with Gasteiger partial charge in [-0.25, -0.2) is 4.79 Å². The molecular weight excluding hydrogens is 449 g/mol. The Morgan fingerprint density at radius 3 is 2.56 bits per heavy atom. The number of amides is 1. The van der Waals surface area contributed by atoms with Crippen LogP contribution < -0.4 is 5.32 Å². The molecule has 3 N–H and O–H groups in total. The van der Waals surface area contributed by atoms with Gasteiger partial charge in [-0.15, -0.1) is 0 Å². The highest BCUT2D eigenvalue weighted by molar-refractivity contribution is 5.97. The number of hydrogen-bond donors (Lipinski definition) is 3. The fraction of sp³-hybridized carbons (Fsp3) is 0.167. The lowest BCUT2D eigenvalue weighted by molar-refractivity contribution is -0.192. The number of halogens is 3. The third kappa shape index (κ3) is 5.06. The molecule has 0 saturated heterocycles. The van der Waals surface area contributed by atoms with Gasteiger partial charge in [-0.1, -0.05) is 18.2 Å². The fourth-order valence-electron chi connectivity index (χ4n) is 3.58. The monoisotopic (exact) mass is 468 g/mol. The van der Waals surface area contributed by atoms with Crippen molar-refractivity contribution < 1.29 is 27.9 Å². The van der Waals surface area contributed by atoms with E-state index >= 15 is 0 Å². The van der Waals surface area contributed by atoms with Gasteiger partial charge in [0.1, 0.15) is 0 Å². The molecule has 5 rings (SSSR count). The summed E-state index contributed by atoms with van der Waals surface area (Å²) in [5.74, 6) is -2.76. The molecule has 0 aliphatic carbocycles. The van der Waals surface area contributed by atoms with E-state index in [0.29, 0.717) is 0 Å². The van der Waals surface area contributed by atoms with Gasteiger partial charge in [0.2, 0.25) is 0 Å². The van der Waals surface area contributed by atoms with Crippen LogP contribution in [0.3, 0.4) is 0 Å². The minimum atomic E-state index is -5.08. The second-order valence-corrected chi connectivity index (χ2v) is 7.58. The Bertz CT molecular complexity index is 1370. The number of pyridine rings is 2. The molecule has 0 unspecified atom stereocenters. The van der Waals surface area contributed by atoms with Crippen molar-refractivity contribution in [3.8, 4) is 22.5 Å². The predicted molar refractivity (Wildman–Crippen MR) is 119 cm³/mol. The van der Waals surface area contributed by atoms with Gasteiger partial charge in [0.25, 0.3) is 5.91 Å². The van der Waals surface area contributed by atoms with E-state index in [1.165, 1.54) is 0 Å². The molecule has 10 heteroatoms. The van der Waals surface area contributed by atoms with E-state index in [-0.39, 0.29) is 5.91 Å². The Kier molecular flexibility index (Phi) is 6.31. The molecule has 1 aromatic carbocycles. The van der Waals surface area contributed by atoms with Gasteiger partial charge in [0.05, 0.1) is 16.8 Å². The summed E-state index contributed by atoms with van der Waals surface area (Å²) in [6.07, 6.45) is 0.390. The highest BCUT2D eigenvalue weighted by Gasteiger charge is 2.38. The predicted octanol–water partition coefficient (Wildman–Crippen LogP) is 4.60. The maximum atomic E-state index is 12.2. The zero-order valence-corrected chi connectivity index (χ0v) is 17.7. The quantitative estimate of drug-likeness (QED) is 0.399. The van der Waals surface area contributed by atoms with E-state index < -0.39 is 12.1 Å². The van der Waals surface area contributed by atoms with Crippen molar-refractivity contribution in [2.45, 2.75) is 19.0 Å². The smallest absolute Gasteiger partial charge is 0.475 e. The van der Waals surface area contributed by atoms with Crippen molar-refractivity contribution in [3.05, 3.63) is 72.2 Å². The SMILES string of the molecule is O=C(O)C(F)(F)F.O=C1NCCCc2[nH]c(-c3ccnc(-c4cnc5ccccc5c4)c3)cc21. The Balaban J connectivity index is 0.000000344. The van der Waals surface area contributed by atoms with Crippen LogP contribution in [0, 0.1) is 0 Å². The molecule has 4 aromatic rings. The van der Waals surface area contributed by atoms with Crippen molar-refractivity contribution in [2.75, 3.05) is 6.54 Å². The molecule has 0 bridgehead atoms. The first-order valence-corrected chi connectivity index (χ1v) is 10.3. The number of aromatic nitrogens is 3. The lowest BCUT2D eigenvalue weighted by Crippen LogP contribution is -2.22. The van der Waals surface area contributed by atoms with Gasteiger partial charge in [0.15, 0.2) is 0 Å². The third-order valence-corrected chi connectivity index (χ3v) is 5.23. The number of aliphatic carboxylic acids is 1. The lowest BCUT2D eigenvalue weighted by Gasteiger charge is -2.05. The molecule has 0 fully saturated rings. The van der Waals surface area contributed by atoms with E-state index in [4.69, 9.17) is 9.90 Å². The van der Waals surface area contributed by atoms with E-state index in [1.54, 1.807) is 6.20 Å². The van der Waals surface area contributed by atoms with Crippen molar-refractivity contribution in [2.24, 2.45) is 0 Å². The van der Waals surface area contributed by atoms with Gasteiger partial charge >= 0.3 is 12.1 Å². The topological polar surface area (TPSA) is 108 Å². The van der Waals surface area contributed by atoms with Crippen molar-refractivity contribution in [1.29, 1.82) is 0 Å². The van der Waals surface area contributed by atoms with Crippen LogP contribution >= 0.6 is 0 Å². The highest BCUT2D eigenvalue weighted by Crippen LogP contribution is 2.28. The standard InChI is InChI=1S/C22H18N4O.C2HF3O2/c27-22-17-12-21(26-19(17)6-3-8-24-22)15-7-9-23-20(11-15)16-10-14-4-1-2-5-18(14)25-13-16;3-2(4,5)1(6)7/h1-2,4-5,7,9-13,26H,3,6,8H2,(H,24,27);(H,6,7). The number of para-hydroxylation sites is 1. The van der Waals surface area contributed by atoms with Crippen LogP contribution in [0.5, 0.6) is 0 Å². The molecule has 0 saturated carbocycles. The van der Waals surface area contributed by atoms with E-state index in [0.717, 1.165) is 64.1 Å². The number of carboxylic acid groups (broad SMARTS) is 1. The molecular formula is C24H19F3N4O3. The number of aromatic amines is 1. The van der Waals surface area contributed by atoms with Gasteiger partial charge in [0, 0.05) is 46.8 Å². The summed E-state index contributed by atoms with van der Waals surface area (Å²) < 4.78 is 31.7. The van der Waals surface area contributed by atoms with Crippen LogP contribution in [-0.2, 0) is 11.2 Å². The maximum Gasteiger partial charge on any atom is 0.490 e. The molecule has 4 heterocycles. The summed E-state index contributed by atoms with van der Waals surface area (Å²) in [7, 11) is 0. The fourth-order valence-corrected chi connectivity index (χ4v) is 3.58. The molecule has 7 nitrogen and oxygen atoms in total. The van der Waals surface area contributed by atoms with Crippen molar-refractivity contribution in [3.63, 3.8) is 0 Å². The first kappa shape index (κ1) is 23.0. The maximum absolute atomic E-state index is 12.2. The average Bonchev–Trinajstić information content (AvgIpc) is 3.18. The first-order chi connectivity index (χ1) is 16.2. The van der Waals surface area contributed by atoms with Crippen LogP contribution in [0.25, 0.3) is 33.4 Å². The van der Waals surface area contributed by atoms with Gasteiger partial charge in [-0.3, -0.25) is 14.8 Å². The van der Waals surface area contributed by atoms with Crippen molar-refractivity contribution in [1.82, 2.24) is 20.3 Å². The average molecular weight is 468 g/mol. The summed E-state index contributed by atoms with van der Waals surface area (Å²) >= 11 is 0. The Labute approximate surface area is 191 Å². The zero-order chi connectivity index (χ0) is 24.3. The number of carbonyl (C=O) groups excluding carboxylic acids is 1. The number of nitrogens with zero attached hydrogens (tertiary/aromatic N) is 2. The zero-order valence-electron chi connectivity index (χ0n) is 17.7. The Morgan fingerprint density at radius 2 is 1.79 bits per heavy atom. The number of rotatable bonds is 2. The number of carbonyl (C=O) groups is 2. The van der Waals surface area contributed by atoms with E-state index in [1.807, 2.05) is 42.6 Å². The second-order valence-electron chi connectivity index (χ2n) is 7.58. The summed E-state index contributed by atoms with van der Waals surface area (Å²) in [5.41, 5.74) is 6.50. The lowest BCUT2D eigenvalue weighted by atomic mass is 10.1. The third-order valence-electron chi connectivity index (χ3n) is 5.23. The van der Waals surface area contributed by atoms with Crippen LogP contribution in [0.15, 0.2) is 60.9 Å². The number of nitrogens with one attached hydrogen (secondary N) is 2. The summed E-state index contributed by atoms with van der Waals surface area (Å²) in [4.78, 5) is 33.6. The summed E-state index contributed by atoms with van der Waals surface area (Å²) in [6, 6.07) is 16.1. The number of carboxylic acids is 1. The summed E-state index contributed by atoms with van der Waals surface area (Å²) in [5, 5.41) is 11.2. The first-order valence-electron chi connectivity index (χ1n) is 10.3.